The van der Waals surface area contributed by atoms with Crippen molar-refractivity contribution in [3.8, 4) is 5.75 Å². The molecule has 1 atom stereocenters. The SMILES string of the molecule is CCNC(=NCc1ccc(OC)c(F)c1)NCC(O)c1cc2ccccc2s1.I. The van der Waals surface area contributed by atoms with Crippen LogP contribution >= 0.6 is 35.3 Å². The van der Waals surface area contributed by atoms with Crippen LogP contribution in [-0.4, -0.2) is 31.3 Å². The van der Waals surface area contributed by atoms with Gasteiger partial charge in [-0.15, -0.1) is 35.3 Å². The summed E-state index contributed by atoms with van der Waals surface area (Å²) in [4.78, 5) is 5.37. The Morgan fingerprint density at radius 3 is 2.69 bits per heavy atom. The van der Waals surface area contributed by atoms with Crippen molar-refractivity contribution in [3.05, 3.63) is 64.8 Å². The number of hydrogen-bond acceptors (Lipinski definition) is 4. The lowest BCUT2D eigenvalue weighted by Crippen LogP contribution is -2.39. The van der Waals surface area contributed by atoms with Crippen molar-refractivity contribution in [2.24, 2.45) is 4.99 Å². The van der Waals surface area contributed by atoms with Crippen molar-refractivity contribution >= 4 is 51.4 Å². The molecule has 0 spiro atoms. The molecule has 0 radical (unpaired) electrons. The molecular formula is C21H25FIN3O2S. The summed E-state index contributed by atoms with van der Waals surface area (Å²) in [5.41, 5.74) is 0.737. The van der Waals surface area contributed by atoms with E-state index in [2.05, 4.69) is 15.6 Å². The fraction of sp³-hybridized carbons (Fsp3) is 0.286. The molecule has 1 heterocycles. The molecule has 3 N–H and O–H groups in total. The maximum Gasteiger partial charge on any atom is 0.191 e. The molecule has 0 aliphatic rings. The van der Waals surface area contributed by atoms with E-state index in [0.717, 1.165) is 20.5 Å². The Hall–Kier alpha value is -1.91. The molecule has 29 heavy (non-hydrogen) atoms. The predicted molar refractivity (Wildman–Crippen MR) is 128 cm³/mol. The minimum atomic E-state index is -0.639. The summed E-state index contributed by atoms with van der Waals surface area (Å²) in [6, 6.07) is 14.9. The first-order valence-corrected chi connectivity index (χ1v) is 9.93. The third-order valence-corrected chi connectivity index (χ3v) is 5.43. The quantitative estimate of drug-likeness (QED) is 0.240. The number of aliphatic imine (C=N–C) groups is 1. The van der Waals surface area contributed by atoms with Crippen LogP contribution in [0.3, 0.4) is 0 Å². The molecule has 156 valence electrons. The summed E-state index contributed by atoms with van der Waals surface area (Å²) in [5, 5.41) is 17.9. The molecule has 0 saturated heterocycles. The molecule has 0 fully saturated rings. The first-order valence-electron chi connectivity index (χ1n) is 9.12. The molecule has 0 aliphatic carbocycles. The van der Waals surface area contributed by atoms with E-state index in [1.807, 2.05) is 37.3 Å². The highest BCUT2D eigenvalue weighted by Gasteiger charge is 2.12. The van der Waals surface area contributed by atoms with Crippen molar-refractivity contribution in [1.29, 1.82) is 0 Å². The number of hydrogen-bond donors (Lipinski definition) is 3. The molecule has 3 rings (SSSR count). The van der Waals surface area contributed by atoms with Crippen LogP contribution in [0.2, 0.25) is 0 Å². The van der Waals surface area contributed by atoms with Crippen LogP contribution in [0.15, 0.2) is 53.5 Å². The summed E-state index contributed by atoms with van der Waals surface area (Å²) in [7, 11) is 1.44. The zero-order chi connectivity index (χ0) is 19.9. The third-order valence-electron chi connectivity index (χ3n) is 4.22. The van der Waals surface area contributed by atoms with Gasteiger partial charge in [-0.25, -0.2) is 9.38 Å². The van der Waals surface area contributed by atoms with Gasteiger partial charge in [-0.1, -0.05) is 24.3 Å². The van der Waals surface area contributed by atoms with Gasteiger partial charge in [-0.3, -0.25) is 0 Å². The zero-order valence-corrected chi connectivity index (χ0v) is 19.5. The number of halogens is 2. The van der Waals surface area contributed by atoms with E-state index in [0.29, 0.717) is 25.6 Å². The van der Waals surface area contributed by atoms with E-state index >= 15 is 0 Å². The second kappa shape index (κ2) is 11.3. The van der Waals surface area contributed by atoms with Crippen LogP contribution in [-0.2, 0) is 6.54 Å². The standard InChI is InChI=1S/C21H24FN3O2S.HI/c1-3-23-21(24-12-14-8-9-18(27-2)16(22)10-14)25-13-17(26)20-11-15-6-4-5-7-19(15)28-20;/h4-11,17,26H,3,12-13H2,1-2H3,(H2,23,24,25);1H. The first kappa shape index (κ1) is 23.4. The second-order valence-corrected chi connectivity index (χ2v) is 7.36. The number of rotatable bonds is 7. The summed E-state index contributed by atoms with van der Waals surface area (Å²) >= 11 is 1.58. The topological polar surface area (TPSA) is 65.9 Å². The predicted octanol–water partition coefficient (Wildman–Crippen LogP) is 4.46. The highest BCUT2D eigenvalue weighted by Crippen LogP contribution is 2.29. The number of aliphatic hydroxyl groups excluding tert-OH is 1. The molecule has 5 nitrogen and oxygen atoms in total. The Kier molecular flexibility index (Phi) is 9.12. The lowest BCUT2D eigenvalue weighted by molar-refractivity contribution is 0.184. The number of thiophene rings is 1. The number of methoxy groups -OCH3 is 1. The van der Waals surface area contributed by atoms with Crippen molar-refractivity contribution in [1.82, 2.24) is 10.6 Å². The number of benzene rings is 2. The van der Waals surface area contributed by atoms with Crippen LogP contribution in [0.1, 0.15) is 23.5 Å². The summed E-state index contributed by atoms with van der Waals surface area (Å²) in [6.07, 6.45) is -0.639. The van der Waals surface area contributed by atoms with Gasteiger partial charge in [-0.2, -0.15) is 0 Å². The van der Waals surface area contributed by atoms with Gasteiger partial charge in [0.1, 0.15) is 6.10 Å². The van der Waals surface area contributed by atoms with E-state index in [9.17, 15) is 9.50 Å². The van der Waals surface area contributed by atoms with Crippen LogP contribution in [0, 0.1) is 5.82 Å². The molecule has 8 heteroatoms. The van der Waals surface area contributed by atoms with Gasteiger partial charge < -0.3 is 20.5 Å². The van der Waals surface area contributed by atoms with Crippen LogP contribution < -0.4 is 15.4 Å². The van der Waals surface area contributed by atoms with Crippen molar-refractivity contribution < 1.29 is 14.2 Å². The van der Waals surface area contributed by atoms with Gasteiger partial charge >= 0.3 is 0 Å². The van der Waals surface area contributed by atoms with E-state index in [4.69, 9.17) is 4.74 Å². The maximum atomic E-state index is 13.8. The first-order chi connectivity index (χ1) is 13.6. The molecule has 0 amide bonds. The average Bonchev–Trinajstić information content (AvgIpc) is 3.14. The molecule has 0 saturated carbocycles. The van der Waals surface area contributed by atoms with Crippen molar-refractivity contribution in [2.75, 3.05) is 20.2 Å². The van der Waals surface area contributed by atoms with Gasteiger partial charge in [0.25, 0.3) is 0 Å². The Morgan fingerprint density at radius 1 is 1.21 bits per heavy atom. The molecule has 2 aromatic carbocycles. The van der Waals surface area contributed by atoms with Gasteiger partial charge in [0.05, 0.1) is 13.7 Å². The normalized spacial score (nSPS) is 12.3. The third kappa shape index (κ3) is 6.28. The summed E-state index contributed by atoms with van der Waals surface area (Å²) in [6.45, 7) is 3.29. The molecule has 1 aromatic heterocycles. The van der Waals surface area contributed by atoms with Crippen molar-refractivity contribution in [3.63, 3.8) is 0 Å². The average molecular weight is 529 g/mol. The number of nitrogens with one attached hydrogen (secondary N) is 2. The fourth-order valence-corrected chi connectivity index (χ4v) is 3.83. The Morgan fingerprint density at radius 2 is 2.00 bits per heavy atom. The summed E-state index contributed by atoms with van der Waals surface area (Å²) < 4.78 is 19.9. The highest BCUT2D eigenvalue weighted by molar-refractivity contribution is 14.0. The highest BCUT2D eigenvalue weighted by atomic mass is 127. The molecule has 0 bridgehead atoms. The smallest absolute Gasteiger partial charge is 0.191 e. The fourth-order valence-electron chi connectivity index (χ4n) is 2.78. The number of guanidine groups is 1. The van der Waals surface area contributed by atoms with Gasteiger partial charge in [0.2, 0.25) is 0 Å². The van der Waals surface area contributed by atoms with Gasteiger partial charge in [-0.05, 0) is 42.1 Å². The second-order valence-electron chi connectivity index (χ2n) is 6.25. The minimum Gasteiger partial charge on any atom is -0.494 e. The summed E-state index contributed by atoms with van der Waals surface area (Å²) in [5.74, 6) is 0.372. The van der Waals surface area contributed by atoms with Crippen LogP contribution in [0.25, 0.3) is 10.1 Å². The molecule has 3 aromatic rings. The monoisotopic (exact) mass is 529 g/mol. The Labute approximate surface area is 191 Å². The zero-order valence-electron chi connectivity index (χ0n) is 16.3. The number of aliphatic hydroxyl groups is 1. The molecular weight excluding hydrogens is 504 g/mol. The largest absolute Gasteiger partial charge is 0.494 e. The number of ether oxygens (including phenoxy) is 1. The number of nitrogens with zero attached hydrogens (tertiary/aromatic N) is 1. The number of fused-ring (bicyclic) bond motifs is 1. The molecule has 1 unspecified atom stereocenters. The van der Waals surface area contributed by atoms with E-state index in [-0.39, 0.29) is 29.7 Å². The van der Waals surface area contributed by atoms with E-state index < -0.39 is 11.9 Å². The van der Waals surface area contributed by atoms with Crippen LogP contribution in [0.4, 0.5) is 4.39 Å². The van der Waals surface area contributed by atoms with E-state index in [1.54, 1.807) is 23.5 Å². The Balaban J connectivity index is 0.00000300. The van der Waals surface area contributed by atoms with E-state index in [1.165, 1.54) is 13.2 Å². The van der Waals surface area contributed by atoms with Gasteiger partial charge in [0, 0.05) is 22.7 Å². The lowest BCUT2D eigenvalue weighted by atomic mass is 10.2. The lowest BCUT2D eigenvalue weighted by Gasteiger charge is -2.14. The molecule has 0 aliphatic heterocycles. The van der Waals surface area contributed by atoms with Gasteiger partial charge in [0.15, 0.2) is 17.5 Å². The Bertz CT molecular complexity index is 931. The van der Waals surface area contributed by atoms with Crippen LogP contribution in [0.5, 0.6) is 5.75 Å². The van der Waals surface area contributed by atoms with Crippen molar-refractivity contribution in [2.45, 2.75) is 19.6 Å². The minimum absolute atomic E-state index is 0. The maximum absolute atomic E-state index is 13.8.